The number of nitrogens with zero attached hydrogens (tertiary/aromatic N) is 2. The van der Waals surface area contributed by atoms with Crippen LogP contribution in [-0.2, 0) is 0 Å². The van der Waals surface area contributed by atoms with Crippen molar-refractivity contribution in [2.45, 2.75) is 6.92 Å². The number of anilines is 1. The number of hydrogen-bond donors (Lipinski definition) is 1. The molecule has 0 atom stereocenters. The third kappa shape index (κ3) is 3.81. The molecule has 3 aromatic rings. The van der Waals surface area contributed by atoms with Crippen molar-refractivity contribution < 1.29 is 28.6 Å². The second-order valence-corrected chi connectivity index (χ2v) is 6.55. The monoisotopic (exact) mass is 427 g/mol. The van der Waals surface area contributed by atoms with Crippen LogP contribution in [0, 0.1) is 6.92 Å². The summed E-state index contributed by atoms with van der Waals surface area (Å²) in [7, 11) is 7.48. The lowest BCUT2D eigenvalue weighted by atomic mass is 10.1. The van der Waals surface area contributed by atoms with Crippen molar-refractivity contribution in [3.05, 3.63) is 47.3 Å². The molecule has 9 heteroatoms. The summed E-state index contributed by atoms with van der Waals surface area (Å²) in [6, 6.07) is 8.40. The van der Waals surface area contributed by atoms with Gasteiger partial charge < -0.3 is 29.5 Å². The Morgan fingerprint density at radius 1 is 0.903 bits per heavy atom. The van der Waals surface area contributed by atoms with E-state index in [2.05, 4.69) is 4.98 Å². The zero-order chi connectivity index (χ0) is 22.7. The number of imidazole rings is 1. The molecule has 0 amide bonds. The van der Waals surface area contributed by atoms with Gasteiger partial charge in [0.05, 0.1) is 39.8 Å². The molecule has 0 unspecified atom stereocenters. The van der Waals surface area contributed by atoms with Gasteiger partial charge in [0, 0.05) is 11.1 Å². The van der Waals surface area contributed by atoms with E-state index in [4.69, 9.17) is 29.5 Å². The van der Waals surface area contributed by atoms with Gasteiger partial charge in [-0.05, 0) is 37.3 Å². The standard InChI is InChI=1S/C22H25N3O6/c1-12-19(20(26)14-10-17(28-3)21(30-5)18(11-14)29-4)25(31-6)22(24-12)13-7-8-16(27-2)15(23)9-13/h7-11H,23H2,1-6H3. The average Bonchev–Trinajstić information content (AvgIpc) is 3.13. The van der Waals surface area contributed by atoms with E-state index < -0.39 is 0 Å². The molecule has 0 aliphatic carbocycles. The zero-order valence-corrected chi connectivity index (χ0v) is 18.3. The number of nitrogens with two attached hydrogens (primary N) is 1. The third-order valence-electron chi connectivity index (χ3n) is 4.82. The van der Waals surface area contributed by atoms with Gasteiger partial charge in [0.15, 0.2) is 23.0 Å². The van der Waals surface area contributed by atoms with E-state index in [1.165, 1.54) is 33.2 Å². The van der Waals surface area contributed by atoms with Crippen LogP contribution in [0.15, 0.2) is 30.3 Å². The molecule has 1 aromatic heterocycles. The Labute approximate surface area is 180 Å². The minimum absolute atomic E-state index is 0.265. The normalized spacial score (nSPS) is 10.5. The van der Waals surface area contributed by atoms with E-state index in [9.17, 15) is 4.79 Å². The van der Waals surface area contributed by atoms with E-state index in [-0.39, 0.29) is 11.5 Å². The maximum absolute atomic E-state index is 13.5. The molecule has 0 aliphatic heterocycles. The van der Waals surface area contributed by atoms with Crippen molar-refractivity contribution in [3.8, 4) is 34.4 Å². The van der Waals surface area contributed by atoms with E-state index in [0.29, 0.717) is 51.3 Å². The van der Waals surface area contributed by atoms with Crippen molar-refractivity contribution in [1.82, 2.24) is 9.71 Å². The molecule has 3 rings (SSSR count). The lowest BCUT2D eigenvalue weighted by Crippen LogP contribution is -2.17. The summed E-state index contributed by atoms with van der Waals surface area (Å²) in [5.74, 6) is 1.80. The van der Waals surface area contributed by atoms with Crippen LogP contribution in [0.3, 0.4) is 0 Å². The topological polar surface area (TPSA) is 107 Å². The van der Waals surface area contributed by atoms with Gasteiger partial charge in [-0.2, -0.15) is 4.73 Å². The molecule has 31 heavy (non-hydrogen) atoms. The Morgan fingerprint density at radius 3 is 2.00 bits per heavy atom. The highest BCUT2D eigenvalue weighted by atomic mass is 16.6. The predicted molar refractivity (Wildman–Crippen MR) is 115 cm³/mol. The average molecular weight is 427 g/mol. The van der Waals surface area contributed by atoms with Crippen molar-refractivity contribution in [2.24, 2.45) is 0 Å². The largest absolute Gasteiger partial charge is 0.495 e. The molecule has 0 spiro atoms. The Kier molecular flexibility index (Phi) is 6.24. The Bertz CT molecular complexity index is 1100. The van der Waals surface area contributed by atoms with Crippen LogP contribution in [0.2, 0.25) is 0 Å². The number of benzene rings is 2. The van der Waals surface area contributed by atoms with Crippen LogP contribution in [0.25, 0.3) is 11.4 Å². The molecular formula is C22H25N3O6. The van der Waals surface area contributed by atoms with Gasteiger partial charge in [0.1, 0.15) is 12.9 Å². The van der Waals surface area contributed by atoms with Gasteiger partial charge in [-0.25, -0.2) is 4.98 Å². The number of methoxy groups -OCH3 is 4. The third-order valence-corrected chi connectivity index (χ3v) is 4.82. The van der Waals surface area contributed by atoms with Crippen molar-refractivity contribution in [1.29, 1.82) is 0 Å². The lowest BCUT2D eigenvalue weighted by molar-refractivity contribution is 0.0978. The molecule has 164 valence electrons. The lowest BCUT2D eigenvalue weighted by Gasteiger charge is -2.14. The number of carbonyl (C=O) groups is 1. The number of rotatable bonds is 8. The number of ketones is 1. The van der Waals surface area contributed by atoms with E-state index in [1.54, 1.807) is 44.4 Å². The summed E-state index contributed by atoms with van der Waals surface area (Å²) in [5.41, 5.74) is 8.24. The highest BCUT2D eigenvalue weighted by Crippen LogP contribution is 2.39. The fourth-order valence-corrected chi connectivity index (χ4v) is 3.35. The molecule has 2 aromatic carbocycles. The molecule has 9 nitrogen and oxygen atoms in total. The molecular weight excluding hydrogens is 402 g/mol. The van der Waals surface area contributed by atoms with Crippen LogP contribution >= 0.6 is 0 Å². The van der Waals surface area contributed by atoms with E-state index in [0.717, 1.165) is 0 Å². The fourth-order valence-electron chi connectivity index (χ4n) is 3.35. The van der Waals surface area contributed by atoms with Gasteiger partial charge in [0.2, 0.25) is 11.5 Å². The van der Waals surface area contributed by atoms with Crippen LogP contribution in [0.5, 0.6) is 23.0 Å². The molecule has 0 saturated heterocycles. The number of hydrogen-bond acceptors (Lipinski definition) is 8. The fraction of sp³-hybridized carbons (Fsp3) is 0.273. The Hall–Kier alpha value is -3.88. The zero-order valence-electron chi connectivity index (χ0n) is 18.3. The summed E-state index contributed by atoms with van der Waals surface area (Å²) in [6.07, 6.45) is 0. The van der Waals surface area contributed by atoms with Gasteiger partial charge in [-0.15, -0.1) is 0 Å². The van der Waals surface area contributed by atoms with Crippen LogP contribution < -0.4 is 29.5 Å². The van der Waals surface area contributed by atoms with Crippen molar-refractivity contribution in [3.63, 3.8) is 0 Å². The van der Waals surface area contributed by atoms with Crippen molar-refractivity contribution >= 4 is 11.5 Å². The maximum atomic E-state index is 13.5. The molecule has 2 N–H and O–H groups in total. The number of aryl methyl sites for hydroxylation is 1. The van der Waals surface area contributed by atoms with Gasteiger partial charge in [-0.3, -0.25) is 4.79 Å². The van der Waals surface area contributed by atoms with Crippen LogP contribution in [0.1, 0.15) is 21.7 Å². The SMILES string of the molecule is COc1ccc(-c2nc(C)c(C(=O)c3cc(OC)c(OC)c(OC)c3)n2OC)cc1N. The highest BCUT2D eigenvalue weighted by Gasteiger charge is 2.26. The first-order chi connectivity index (χ1) is 14.9. The summed E-state index contributed by atoms with van der Waals surface area (Å²) < 4.78 is 22.6. The second-order valence-electron chi connectivity index (χ2n) is 6.55. The Morgan fingerprint density at radius 2 is 1.52 bits per heavy atom. The van der Waals surface area contributed by atoms with Crippen LogP contribution in [0.4, 0.5) is 5.69 Å². The first kappa shape index (κ1) is 21.8. The molecule has 1 heterocycles. The summed E-state index contributed by atoms with van der Waals surface area (Å²) >= 11 is 0. The number of carbonyl (C=O) groups excluding carboxylic acids is 1. The minimum Gasteiger partial charge on any atom is -0.495 e. The molecule has 0 saturated carbocycles. The molecule has 0 aliphatic rings. The van der Waals surface area contributed by atoms with E-state index in [1.807, 2.05) is 0 Å². The minimum atomic E-state index is -0.321. The number of aromatic nitrogens is 2. The first-order valence-corrected chi connectivity index (χ1v) is 9.32. The molecule has 0 radical (unpaired) electrons. The molecule has 0 bridgehead atoms. The van der Waals surface area contributed by atoms with Gasteiger partial charge in [-0.1, -0.05) is 0 Å². The highest BCUT2D eigenvalue weighted by molar-refractivity contribution is 6.09. The second kappa shape index (κ2) is 8.86. The number of ether oxygens (including phenoxy) is 4. The Balaban J connectivity index is 2.14. The first-order valence-electron chi connectivity index (χ1n) is 9.32. The maximum Gasteiger partial charge on any atom is 0.215 e. The van der Waals surface area contributed by atoms with Crippen molar-refractivity contribution in [2.75, 3.05) is 41.3 Å². The quantitative estimate of drug-likeness (QED) is 0.432. The van der Waals surface area contributed by atoms with Gasteiger partial charge >= 0.3 is 0 Å². The smallest absolute Gasteiger partial charge is 0.215 e. The van der Waals surface area contributed by atoms with E-state index >= 15 is 0 Å². The van der Waals surface area contributed by atoms with Crippen LogP contribution in [-0.4, -0.2) is 51.0 Å². The number of nitrogen functional groups attached to an aromatic ring is 1. The predicted octanol–water partition coefficient (Wildman–Crippen LogP) is 2.76. The summed E-state index contributed by atoms with van der Waals surface area (Å²) in [4.78, 5) is 23.5. The molecule has 0 fully saturated rings. The van der Waals surface area contributed by atoms with Gasteiger partial charge in [0.25, 0.3) is 0 Å². The summed E-state index contributed by atoms with van der Waals surface area (Å²) in [5, 5.41) is 0. The summed E-state index contributed by atoms with van der Waals surface area (Å²) in [6.45, 7) is 1.73.